The van der Waals surface area contributed by atoms with Crippen molar-refractivity contribution in [2.75, 3.05) is 18.5 Å². The van der Waals surface area contributed by atoms with Gasteiger partial charge in [0.05, 0.1) is 9.82 Å². The van der Waals surface area contributed by atoms with Crippen LogP contribution in [-0.2, 0) is 26.0 Å². The second-order valence-corrected chi connectivity index (χ2v) is 16.0. The number of ether oxygens (including phenoxy) is 2. The van der Waals surface area contributed by atoms with Crippen LogP contribution in [0.15, 0.2) is 77.7 Å². The SMILES string of the molecule is Cc1c(C)c(S(=O)(=O)NC(=N)NCCC[C@H](NC(=O)OCC2c3ccccc3-c3ccccc32)C(=O)Nc2ccc([N+](=O)[O-])cc2)c(C)c2c1OC(C)(C)C2. The molecule has 15 heteroatoms. The molecule has 1 aliphatic heterocycles. The van der Waals surface area contributed by atoms with Crippen molar-refractivity contribution in [2.45, 2.75) is 76.3 Å². The number of guanidine groups is 1. The largest absolute Gasteiger partial charge is 0.487 e. The predicted molar refractivity (Wildman–Crippen MR) is 208 cm³/mol. The fourth-order valence-electron chi connectivity index (χ4n) is 7.34. The van der Waals surface area contributed by atoms with E-state index in [2.05, 4.69) is 20.7 Å². The van der Waals surface area contributed by atoms with E-state index in [4.69, 9.17) is 14.9 Å². The zero-order valence-electron chi connectivity index (χ0n) is 31.2. The van der Waals surface area contributed by atoms with Crippen molar-refractivity contribution in [3.63, 3.8) is 0 Å². The third-order valence-corrected chi connectivity index (χ3v) is 11.7. The number of carbonyl (C=O) groups is 2. The molecule has 2 aliphatic rings. The molecule has 2 amide bonds. The van der Waals surface area contributed by atoms with Crippen LogP contribution in [0.3, 0.4) is 0 Å². The van der Waals surface area contributed by atoms with Crippen LogP contribution in [0.1, 0.15) is 66.0 Å². The number of rotatable bonds is 12. The molecule has 0 radical (unpaired) electrons. The van der Waals surface area contributed by atoms with Crippen LogP contribution in [0.4, 0.5) is 16.2 Å². The number of nitrogens with one attached hydrogen (secondary N) is 5. The summed E-state index contributed by atoms with van der Waals surface area (Å²) in [5.41, 5.74) is 6.54. The molecule has 0 fully saturated rings. The third kappa shape index (κ3) is 8.26. The van der Waals surface area contributed by atoms with Gasteiger partial charge in [-0.2, -0.15) is 0 Å². The Morgan fingerprint density at radius 2 is 1.58 bits per heavy atom. The number of amides is 2. The number of non-ortho nitro benzene ring substituents is 1. The molecule has 4 aromatic carbocycles. The Labute approximate surface area is 319 Å². The Morgan fingerprint density at radius 3 is 2.20 bits per heavy atom. The normalized spacial score (nSPS) is 14.4. The molecule has 6 rings (SSSR count). The standard InChI is InChI=1S/C40H44N6O8S/c1-23-24(2)36(25(3)32-21-40(4,5)54-35(23)32)55(51,52)45-38(41)42-20-10-15-34(37(47)43-26-16-18-27(19-17-26)46(49)50)44-39(48)53-22-33-30-13-8-6-11-28(30)29-12-7-9-14-31(29)33/h6-9,11-14,16-19,33-34H,10,15,20-22H2,1-5H3,(H,43,47)(H,44,48)(H3,41,42,45)/t34-/m0/s1. The molecular weight excluding hydrogens is 725 g/mol. The lowest BCUT2D eigenvalue weighted by atomic mass is 9.94. The number of carbonyl (C=O) groups excluding carboxylic acids is 2. The lowest BCUT2D eigenvalue weighted by Crippen LogP contribution is -2.45. The highest BCUT2D eigenvalue weighted by molar-refractivity contribution is 7.90. The van der Waals surface area contributed by atoms with Crippen LogP contribution >= 0.6 is 0 Å². The summed E-state index contributed by atoms with van der Waals surface area (Å²) in [6.07, 6.45) is 0.0439. The van der Waals surface area contributed by atoms with Crippen molar-refractivity contribution in [3.8, 4) is 16.9 Å². The van der Waals surface area contributed by atoms with Gasteiger partial charge in [-0.3, -0.25) is 20.3 Å². The zero-order chi connectivity index (χ0) is 39.7. The van der Waals surface area contributed by atoms with Crippen molar-refractivity contribution < 1.29 is 32.4 Å². The van der Waals surface area contributed by atoms with Gasteiger partial charge in [-0.1, -0.05) is 48.5 Å². The van der Waals surface area contributed by atoms with Gasteiger partial charge >= 0.3 is 6.09 Å². The predicted octanol–water partition coefficient (Wildman–Crippen LogP) is 6.36. The van der Waals surface area contributed by atoms with Gasteiger partial charge in [0.25, 0.3) is 15.7 Å². The molecule has 0 spiro atoms. The fraction of sp³-hybridized carbons (Fsp3) is 0.325. The molecule has 14 nitrogen and oxygen atoms in total. The summed E-state index contributed by atoms with van der Waals surface area (Å²) in [5.74, 6) is -0.544. The summed E-state index contributed by atoms with van der Waals surface area (Å²) >= 11 is 0. The molecule has 1 atom stereocenters. The third-order valence-electron chi connectivity index (χ3n) is 10.1. The molecule has 0 saturated heterocycles. The maximum absolute atomic E-state index is 13.6. The number of nitro benzene ring substituents is 1. The van der Waals surface area contributed by atoms with E-state index in [9.17, 15) is 28.1 Å². The van der Waals surface area contributed by atoms with Gasteiger partial charge in [-0.25, -0.2) is 17.9 Å². The van der Waals surface area contributed by atoms with Crippen LogP contribution in [-0.4, -0.2) is 56.1 Å². The highest BCUT2D eigenvalue weighted by Crippen LogP contribution is 2.45. The van der Waals surface area contributed by atoms with E-state index in [1.807, 2.05) is 69.3 Å². The number of benzene rings is 4. The fourth-order valence-corrected chi connectivity index (χ4v) is 8.86. The molecule has 0 aromatic heterocycles. The van der Waals surface area contributed by atoms with E-state index in [-0.39, 0.29) is 48.2 Å². The second kappa shape index (κ2) is 15.4. The molecule has 0 unspecified atom stereocenters. The number of nitrogens with zero attached hydrogens (tertiary/aromatic N) is 1. The minimum atomic E-state index is -4.15. The van der Waals surface area contributed by atoms with E-state index in [0.29, 0.717) is 23.3 Å². The summed E-state index contributed by atoms with van der Waals surface area (Å²) in [7, 11) is -4.15. The molecule has 0 saturated carbocycles. The highest BCUT2D eigenvalue weighted by atomic mass is 32.2. The van der Waals surface area contributed by atoms with E-state index in [0.717, 1.165) is 33.4 Å². The van der Waals surface area contributed by atoms with Gasteiger partial charge in [0.1, 0.15) is 24.0 Å². The van der Waals surface area contributed by atoms with Crippen molar-refractivity contribution >= 4 is 39.4 Å². The van der Waals surface area contributed by atoms with Crippen LogP contribution in [0.5, 0.6) is 5.75 Å². The molecular formula is C40H44N6O8S. The van der Waals surface area contributed by atoms with Crippen molar-refractivity contribution in [1.29, 1.82) is 5.41 Å². The summed E-state index contributed by atoms with van der Waals surface area (Å²) < 4.78 is 41.3. The monoisotopic (exact) mass is 768 g/mol. The Bertz CT molecular complexity index is 2250. The number of alkyl carbamates (subject to hydrolysis) is 1. The molecule has 5 N–H and O–H groups in total. The highest BCUT2D eigenvalue weighted by Gasteiger charge is 2.37. The number of hydrogen-bond acceptors (Lipinski definition) is 9. The number of nitro groups is 1. The van der Waals surface area contributed by atoms with Gasteiger partial charge in [0.2, 0.25) is 11.9 Å². The Hall–Kier alpha value is -5.96. The van der Waals surface area contributed by atoms with Gasteiger partial charge in [-0.05, 0) is 98.5 Å². The maximum atomic E-state index is 13.6. The number of sulfonamides is 1. The Balaban J connectivity index is 1.09. The van der Waals surface area contributed by atoms with E-state index in [1.54, 1.807) is 13.8 Å². The van der Waals surface area contributed by atoms with Crippen molar-refractivity contribution in [1.82, 2.24) is 15.4 Å². The van der Waals surface area contributed by atoms with Crippen molar-refractivity contribution in [3.05, 3.63) is 116 Å². The molecule has 55 heavy (non-hydrogen) atoms. The Kier molecular flexibility index (Phi) is 10.9. The van der Waals surface area contributed by atoms with Gasteiger partial charge in [-0.15, -0.1) is 0 Å². The first kappa shape index (κ1) is 38.8. The van der Waals surface area contributed by atoms with Crippen LogP contribution in [0.2, 0.25) is 0 Å². The van der Waals surface area contributed by atoms with Crippen LogP contribution < -0.4 is 25.4 Å². The minimum Gasteiger partial charge on any atom is -0.487 e. The van der Waals surface area contributed by atoms with E-state index < -0.39 is 44.5 Å². The van der Waals surface area contributed by atoms with Gasteiger partial charge in [0.15, 0.2) is 0 Å². The Morgan fingerprint density at radius 1 is 0.964 bits per heavy atom. The molecule has 288 valence electrons. The van der Waals surface area contributed by atoms with Crippen molar-refractivity contribution in [2.24, 2.45) is 0 Å². The van der Waals surface area contributed by atoms with E-state index >= 15 is 0 Å². The molecule has 1 aliphatic carbocycles. The summed E-state index contributed by atoms with van der Waals surface area (Å²) in [6.45, 7) is 9.29. The van der Waals surface area contributed by atoms with Crippen LogP contribution in [0.25, 0.3) is 11.1 Å². The number of anilines is 1. The first-order valence-electron chi connectivity index (χ1n) is 17.9. The van der Waals surface area contributed by atoms with Gasteiger partial charge < -0.3 is 25.4 Å². The first-order valence-corrected chi connectivity index (χ1v) is 19.4. The lowest BCUT2D eigenvalue weighted by Gasteiger charge is -2.21. The summed E-state index contributed by atoms with van der Waals surface area (Å²) in [4.78, 5) is 37.3. The number of fused-ring (bicyclic) bond motifs is 4. The van der Waals surface area contributed by atoms with E-state index in [1.165, 1.54) is 24.3 Å². The average Bonchev–Trinajstić information content (AvgIpc) is 3.64. The molecule has 1 heterocycles. The van der Waals surface area contributed by atoms with Crippen LogP contribution in [0, 0.1) is 36.3 Å². The lowest BCUT2D eigenvalue weighted by molar-refractivity contribution is -0.384. The minimum absolute atomic E-state index is 0.0306. The molecule has 0 bridgehead atoms. The quantitative estimate of drug-likeness (QED) is 0.0357. The van der Waals surface area contributed by atoms with Gasteiger partial charge in [0, 0.05) is 42.3 Å². The average molecular weight is 769 g/mol. The summed E-state index contributed by atoms with van der Waals surface area (Å²) in [6, 6.07) is 20.0. The number of hydrogen-bond donors (Lipinski definition) is 5. The zero-order valence-corrected chi connectivity index (χ0v) is 32.1. The maximum Gasteiger partial charge on any atom is 0.407 e. The first-order chi connectivity index (χ1) is 26.1. The molecule has 4 aromatic rings. The topological polar surface area (TPSA) is 202 Å². The smallest absolute Gasteiger partial charge is 0.407 e. The summed E-state index contributed by atoms with van der Waals surface area (Å²) in [5, 5.41) is 27.6. The second-order valence-electron chi connectivity index (χ2n) is 14.4.